The summed E-state index contributed by atoms with van der Waals surface area (Å²) in [6, 6.07) is 0. The number of aryl methyl sites for hydroxylation is 2. The lowest BCUT2D eigenvalue weighted by Crippen LogP contribution is -2.14. The Morgan fingerprint density at radius 1 is 1.50 bits per heavy atom. The Morgan fingerprint density at radius 2 is 2.44 bits per heavy atom. The summed E-state index contributed by atoms with van der Waals surface area (Å²) in [5.41, 5.74) is 2.72. The van der Waals surface area contributed by atoms with Gasteiger partial charge in [-0.25, -0.2) is 4.98 Å². The normalized spacial score (nSPS) is 25.2. The summed E-state index contributed by atoms with van der Waals surface area (Å²) in [5, 5.41) is 1.15. The van der Waals surface area contributed by atoms with Gasteiger partial charge in [0.25, 0.3) is 0 Å². The summed E-state index contributed by atoms with van der Waals surface area (Å²) in [7, 11) is 2.21. The van der Waals surface area contributed by atoms with Crippen molar-refractivity contribution in [2.24, 2.45) is 5.92 Å². The fraction of sp³-hybridized carbons (Fsp3) is 0.750. The van der Waals surface area contributed by atoms with E-state index < -0.39 is 0 Å². The summed E-state index contributed by atoms with van der Waals surface area (Å²) in [6.45, 7) is 2.52. The first-order chi connectivity index (χ1) is 7.81. The molecular weight excluding hydrogens is 218 g/mol. The van der Waals surface area contributed by atoms with Crippen LogP contribution in [0.2, 0.25) is 0 Å². The van der Waals surface area contributed by atoms with Gasteiger partial charge in [0.15, 0.2) is 5.16 Å². The number of nitrogens with one attached hydrogen (secondary N) is 1. The number of aromatic amines is 1. The minimum absolute atomic E-state index is 0.856. The average Bonchev–Trinajstić information content (AvgIpc) is 2.89. The largest absolute Gasteiger partial charge is 0.337 e. The van der Waals surface area contributed by atoms with E-state index in [0.29, 0.717) is 0 Å². The Kier molecular flexibility index (Phi) is 2.94. The van der Waals surface area contributed by atoms with E-state index in [9.17, 15) is 0 Å². The average molecular weight is 237 g/mol. The van der Waals surface area contributed by atoms with Gasteiger partial charge in [0.2, 0.25) is 0 Å². The van der Waals surface area contributed by atoms with E-state index in [-0.39, 0.29) is 0 Å². The number of nitrogens with zero attached hydrogens (tertiary/aromatic N) is 2. The standard InChI is InChI=1S/C12H19N3S/c1-15-6-5-9(7-15)8-16-12-13-10-3-2-4-11(10)14-12/h9H,2-8H2,1H3,(H,13,14). The highest BCUT2D eigenvalue weighted by Gasteiger charge is 2.21. The maximum atomic E-state index is 4.66. The van der Waals surface area contributed by atoms with Crippen molar-refractivity contribution in [3.8, 4) is 0 Å². The molecule has 3 rings (SSSR count). The van der Waals surface area contributed by atoms with Crippen molar-refractivity contribution >= 4 is 11.8 Å². The number of fused-ring (bicyclic) bond motifs is 1. The van der Waals surface area contributed by atoms with Crippen LogP contribution < -0.4 is 0 Å². The molecule has 1 N–H and O–H groups in total. The molecule has 3 nitrogen and oxygen atoms in total. The van der Waals surface area contributed by atoms with Crippen molar-refractivity contribution in [2.45, 2.75) is 30.8 Å². The number of likely N-dealkylation sites (tertiary alicyclic amines) is 1. The Morgan fingerprint density at radius 3 is 3.19 bits per heavy atom. The van der Waals surface area contributed by atoms with E-state index in [4.69, 9.17) is 0 Å². The van der Waals surface area contributed by atoms with E-state index in [1.807, 2.05) is 11.8 Å². The Hall–Kier alpha value is -0.480. The second kappa shape index (κ2) is 4.41. The van der Waals surface area contributed by atoms with Gasteiger partial charge in [-0.15, -0.1) is 0 Å². The first-order valence-electron chi connectivity index (χ1n) is 6.20. The van der Waals surface area contributed by atoms with E-state index in [0.717, 1.165) is 11.1 Å². The van der Waals surface area contributed by atoms with Crippen LogP contribution in [-0.2, 0) is 12.8 Å². The maximum Gasteiger partial charge on any atom is 0.165 e. The van der Waals surface area contributed by atoms with Gasteiger partial charge in [0.05, 0.1) is 5.69 Å². The van der Waals surface area contributed by atoms with Crippen LogP contribution in [0, 0.1) is 5.92 Å². The first kappa shape index (κ1) is 10.7. The highest BCUT2D eigenvalue weighted by molar-refractivity contribution is 7.99. The molecule has 1 aromatic rings. The summed E-state index contributed by atoms with van der Waals surface area (Å²) >= 11 is 1.91. The third-order valence-corrected chi connectivity index (χ3v) is 4.73. The number of rotatable bonds is 3. The summed E-state index contributed by atoms with van der Waals surface area (Å²) in [4.78, 5) is 10.6. The topological polar surface area (TPSA) is 31.9 Å². The van der Waals surface area contributed by atoms with Gasteiger partial charge in [0.1, 0.15) is 0 Å². The molecule has 0 bridgehead atoms. The molecule has 16 heavy (non-hydrogen) atoms. The van der Waals surface area contributed by atoms with Gasteiger partial charge < -0.3 is 9.88 Å². The fourth-order valence-corrected chi connectivity index (χ4v) is 3.73. The molecule has 1 fully saturated rings. The van der Waals surface area contributed by atoms with Crippen molar-refractivity contribution in [1.29, 1.82) is 0 Å². The minimum Gasteiger partial charge on any atom is -0.337 e. The van der Waals surface area contributed by atoms with Crippen molar-refractivity contribution in [2.75, 3.05) is 25.9 Å². The SMILES string of the molecule is CN1CCC(CSc2nc3c([nH]2)CCC3)C1. The minimum atomic E-state index is 0.856. The summed E-state index contributed by atoms with van der Waals surface area (Å²) < 4.78 is 0. The van der Waals surface area contributed by atoms with E-state index in [1.54, 1.807) is 0 Å². The lowest BCUT2D eigenvalue weighted by atomic mass is 10.2. The van der Waals surface area contributed by atoms with Crippen LogP contribution in [0.4, 0.5) is 0 Å². The number of aromatic nitrogens is 2. The third kappa shape index (κ3) is 2.13. The van der Waals surface area contributed by atoms with Gasteiger partial charge in [-0.3, -0.25) is 0 Å². The third-order valence-electron chi connectivity index (χ3n) is 3.63. The molecule has 4 heteroatoms. The molecule has 2 aliphatic rings. The molecule has 88 valence electrons. The molecule has 2 heterocycles. The highest BCUT2D eigenvalue weighted by atomic mass is 32.2. The zero-order chi connectivity index (χ0) is 11.0. The van der Waals surface area contributed by atoms with E-state index in [1.165, 1.54) is 55.9 Å². The zero-order valence-electron chi connectivity index (χ0n) is 9.83. The monoisotopic (exact) mass is 237 g/mol. The lowest BCUT2D eigenvalue weighted by Gasteiger charge is -2.08. The Labute approximate surface area is 101 Å². The van der Waals surface area contributed by atoms with Crippen LogP contribution in [0.1, 0.15) is 24.2 Å². The molecule has 1 aliphatic heterocycles. The first-order valence-corrected chi connectivity index (χ1v) is 7.19. The molecule has 0 saturated carbocycles. The second-order valence-corrected chi connectivity index (χ2v) is 6.06. The van der Waals surface area contributed by atoms with Crippen LogP contribution in [0.25, 0.3) is 0 Å². The molecule has 0 aromatic carbocycles. The smallest absolute Gasteiger partial charge is 0.165 e. The lowest BCUT2D eigenvalue weighted by molar-refractivity contribution is 0.403. The van der Waals surface area contributed by atoms with Crippen molar-refractivity contribution in [3.63, 3.8) is 0 Å². The predicted molar refractivity (Wildman–Crippen MR) is 66.9 cm³/mol. The van der Waals surface area contributed by atoms with Gasteiger partial charge in [0, 0.05) is 18.0 Å². The Balaban J connectivity index is 1.54. The number of thioether (sulfide) groups is 1. The van der Waals surface area contributed by atoms with Crippen LogP contribution in [-0.4, -0.2) is 40.8 Å². The molecule has 0 amide bonds. The quantitative estimate of drug-likeness (QED) is 0.815. The molecule has 0 radical (unpaired) electrons. The molecule has 1 aromatic heterocycles. The molecule has 1 saturated heterocycles. The van der Waals surface area contributed by atoms with Crippen LogP contribution in [0.5, 0.6) is 0 Å². The number of hydrogen-bond donors (Lipinski definition) is 1. The van der Waals surface area contributed by atoms with E-state index >= 15 is 0 Å². The summed E-state index contributed by atoms with van der Waals surface area (Å²) in [5.74, 6) is 2.08. The molecule has 1 aliphatic carbocycles. The highest BCUT2D eigenvalue weighted by Crippen LogP contribution is 2.27. The Bertz CT molecular complexity index is 353. The van der Waals surface area contributed by atoms with Crippen molar-refractivity contribution in [3.05, 3.63) is 11.4 Å². The van der Waals surface area contributed by atoms with Crippen LogP contribution in [0.15, 0.2) is 5.16 Å². The van der Waals surface area contributed by atoms with Crippen molar-refractivity contribution in [1.82, 2.24) is 14.9 Å². The molecular formula is C12H19N3S. The van der Waals surface area contributed by atoms with Gasteiger partial charge in [-0.1, -0.05) is 11.8 Å². The zero-order valence-corrected chi connectivity index (χ0v) is 10.6. The molecule has 0 spiro atoms. The number of imidazole rings is 1. The van der Waals surface area contributed by atoms with Crippen molar-refractivity contribution < 1.29 is 0 Å². The van der Waals surface area contributed by atoms with Gasteiger partial charge in [-0.2, -0.15) is 0 Å². The van der Waals surface area contributed by atoms with E-state index in [2.05, 4.69) is 21.9 Å². The van der Waals surface area contributed by atoms with Crippen LogP contribution >= 0.6 is 11.8 Å². The van der Waals surface area contributed by atoms with Gasteiger partial charge in [-0.05, 0) is 45.2 Å². The number of hydrogen-bond acceptors (Lipinski definition) is 3. The van der Waals surface area contributed by atoms with Crippen LogP contribution in [0.3, 0.4) is 0 Å². The number of H-pyrrole nitrogens is 1. The maximum absolute atomic E-state index is 4.66. The van der Waals surface area contributed by atoms with Gasteiger partial charge >= 0.3 is 0 Å². The predicted octanol–water partition coefficient (Wildman–Crippen LogP) is 1.94. The molecule has 1 unspecified atom stereocenters. The molecule has 1 atom stereocenters. The fourth-order valence-electron chi connectivity index (χ4n) is 2.69. The second-order valence-electron chi connectivity index (χ2n) is 5.05. The summed E-state index contributed by atoms with van der Waals surface area (Å²) in [6.07, 6.45) is 5.02.